The van der Waals surface area contributed by atoms with E-state index in [4.69, 9.17) is 9.84 Å². The number of methoxy groups -OCH3 is 1. The lowest BCUT2D eigenvalue weighted by Gasteiger charge is -2.07. The van der Waals surface area contributed by atoms with E-state index in [0.29, 0.717) is 12.3 Å². The van der Waals surface area contributed by atoms with Crippen molar-refractivity contribution in [3.05, 3.63) is 35.5 Å². The molecule has 5 nitrogen and oxygen atoms in total. The van der Waals surface area contributed by atoms with Gasteiger partial charge in [-0.25, -0.2) is 4.68 Å². The van der Waals surface area contributed by atoms with Crippen LogP contribution in [0.15, 0.2) is 24.3 Å². The number of rotatable bonds is 5. The Morgan fingerprint density at radius 2 is 1.95 bits per heavy atom. The maximum absolute atomic E-state index is 9.33. The molecule has 0 atom stereocenters. The maximum atomic E-state index is 9.33. The lowest BCUT2D eigenvalue weighted by atomic mass is 10.1. The van der Waals surface area contributed by atoms with Crippen LogP contribution in [0.2, 0.25) is 0 Å². The average Bonchev–Trinajstić information content (AvgIpc) is 2.78. The van der Waals surface area contributed by atoms with Crippen LogP contribution in [0.5, 0.6) is 11.6 Å². The Labute approximate surface area is 112 Å². The summed E-state index contributed by atoms with van der Waals surface area (Å²) in [6, 6.07) is 6.75. The van der Waals surface area contributed by atoms with E-state index in [1.165, 1.54) is 0 Å². The van der Waals surface area contributed by atoms with Gasteiger partial charge in [0.05, 0.1) is 18.5 Å². The lowest BCUT2D eigenvalue weighted by molar-refractivity contribution is 0.295. The number of aliphatic hydroxyl groups is 1. The molecule has 0 aliphatic heterocycles. The Hall–Kier alpha value is -2.01. The van der Waals surface area contributed by atoms with Crippen LogP contribution < -0.4 is 4.74 Å². The van der Waals surface area contributed by atoms with Crippen LogP contribution in [-0.4, -0.2) is 33.7 Å². The molecule has 1 heterocycles. The van der Waals surface area contributed by atoms with Crippen molar-refractivity contribution in [3.8, 4) is 17.3 Å². The first-order valence-corrected chi connectivity index (χ1v) is 6.26. The van der Waals surface area contributed by atoms with Crippen LogP contribution >= 0.6 is 0 Å². The molecule has 0 aliphatic rings. The van der Waals surface area contributed by atoms with Crippen LogP contribution in [0, 0.1) is 0 Å². The molecular formula is C14H18N2O3. The van der Waals surface area contributed by atoms with Gasteiger partial charge < -0.3 is 14.9 Å². The molecule has 1 aromatic carbocycles. The molecular weight excluding hydrogens is 244 g/mol. The summed E-state index contributed by atoms with van der Waals surface area (Å²) in [5.74, 6) is 0.845. The molecule has 0 fully saturated rings. The third-order valence-electron chi connectivity index (χ3n) is 3.00. The van der Waals surface area contributed by atoms with Crippen molar-refractivity contribution in [1.29, 1.82) is 0 Å². The molecule has 2 aromatic rings. The number of aromatic nitrogens is 2. The molecule has 2 rings (SSSR count). The second-order valence-electron chi connectivity index (χ2n) is 4.19. The first-order valence-electron chi connectivity index (χ1n) is 6.26. The summed E-state index contributed by atoms with van der Waals surface area (Å²) >= 11 is 0. The SMILES string of the molecule is CCc1nn(-c2ccc(O)cc2)c(OC)c1CCO. The smallest absolute Gasteiger partial charge is 0.220 e. The summed E-state index contributed by atoms with van der Waals surface area (Å²) in [5, 5.41) is 23.0. The van der Waals surface area contributed by atoms with Gasteiger partial charge >= 0.3 is 0 Å². The summed E-state index contributed by atoms with van der Waals surface area (Å²) in [6.07, 6.45) is 1.29. The molecule has 0 unspecified atom stereocenters. The van der Waals surface area contributed by atoms with Gasteiger partial charge in [0.25, 0.3) is 0 Å². The third kappa shape index (κ3) is 2.56. The molecule has 0 saturated carbocycles. The second-order valence-corrected chi connectivity index (χ2v) is 4.19. The van der Waals surface area contributed by atoms with E-state index in [2.05, 4.69) is 5.10 Å². The highest BCUT2D eigenvalue weighted by molar-refractivity contribution is 5.43. The van der Waals surface area contributed by atoms with Gasteiger partial charge in [0.2, 0.25) is 5.88 Å². The zero-order chi connectivity index (χ0) is 13.8. The first kappa shape index (κ1) is 13.4. The summed E-state index contributed by atoms with van der Waals surface area (Å²) in [5.41, 5.74) is 2.66. The zero-order valence-electron chi connectivity index (χ0n) is 11.1. The predicted octanol–water partition coefficient (Wildman–Crippen LogP) is 1.68. The van der Waals surface area contributed by atoms with Crippen LogP contribution in [0.3, 0.4) is 0 Å². The van der Waals surface area contributed by atoms with E-state index in [9.17, 15) is 5.11 Å². The quantitative estimate of drug-likeness (QED) is 0.860. The highest BCUT2D eigenvalue weighted by Gasteiger charge is 2.18. The van der Waals surface area contributed by atoms with Crippen molar-refractivity contribution in [3.63, 3.8) is 0 Å². The molecule has 0 bridgehead atoms. The van der Waals surface area contributed by atoms with Gasteiger partial charge in [0, 0.05) is 18.6 Å². The standard InChI is InChI=1S/C14H18N2O3/c1-3-13-12(8-9-17)14(19-2)16(15-13)10-4-6-11(18)7-5-10/h4-7,17-18H,3,8-9H2,1-2H3. The Morgan fingerprint density at radius 3 is 2.47 bits per heavy atom. The normalized spacial score (nSPS) is 10.7. The summed E-state index contributed by atoms with van der Waals surface area (Å²) in [7, 11) is 1.59. The van der Waals surface area contributed by atoms with Gasteiger partial charge in [-0.2, -0.15) is 5.10 Å². The summed E-state index contributed by atoms with van der Waals surface area (Å²) < 4.78 is 7.12. The predicted molar refractivity (Wildman–Crippen MR) is 71.9 cm³/mol. The van der Waals surface area contributed by atoms with Gasteiger partial charge in [-0.1, -0.05) is 6.92 Å². The molecule has 102 valence electrons. The Morgan fingerprint density at radius 1 is 1.26 bits per heavy atom. The fourth-order valence-corrected chi connectivity index (χ4v) is 2.10. The number of hydrogen-bond donors (Lipinski definition) is 2. The highest BCUT2D eigenvalue weighted by atomic mass is 16.5. The van der Waals surface area contributed by atoms with E-state index in [1.807, 2.05) is 6.92 Å². The summed E-state index contributed by atoms with van der Waals surface area (Å²) in [4.78, 5) is 0. The van der Waals surface area contributed by atoms with E-state index in [-0.39, 0.29) is 12.4 Å². The minimum Gasteiger partial charge on any atom is -0.508 e. The molecule has 0 aliphatic carbocycles. The van der Waals surface area contributed by atoms with E-state index in [1.54, 1.807) is 36.1 Å². The molecule has 2 N–H and O–H groups in total. The Balaban J connectivity index is 2.53. The zero-order valence-corrected chi connectivity index (χ0v) is 11.1. The number of aryl methyl sites for hydroxylation is 1. The van der Waals surface area contributed by atoms with Gasteiger partial charge in [-0.3, -0.25) is 0 Å². The van der Waals surface area contributed by atoms with Crippen molar-refractivity contribution in [1.82, 2.24) is 9.78 Å². The number of aliphatic hydroxyl groups excluding tert-OH is 1. The second kappa shape index (κ2) is 5.75. The topological polar surface area (TPSA) is 67.5 Å². The third-order valence-corrected chi connectivity index (χ3v) is 3.00. The van der Waals surface area contributed by atoms with Crippen molar-refractivity contribution < 1.29 is 14.9 Å². The Kier molecular flexibility index (Phi) is 4.06. The number of ether oxygens (including phenoxy) is 1. The number of nitrogens with zero attached hydrogens (tertiary/aromatic N) is 2. The fraction of sp³-hybridized carbons (Fsp3) is 0.357. The van der Waals surface area contributed by atoms with Crippen LogP contribution in [-0.2, 0) is 12.8 Å². The van der Waals surface area contributed by atoms with Gasteiger partial charge in [0.15, 0.2) is 0 Å². The number of phenols is 1. The number of phenolic OH excluding ortho intramolecular Hbond substituents is 1. The van der Waals surface area contributed by atoms with Gasteiger partial charge in [0.1, 0.15) is 5.75 Å². The number of benzene rings is 1. The largest absolute Gasteiger partial charge is 0.508 e. The molecule has 5 heteroatoms. The van der Waals surface area contributed by atoms with E-state index in [0.717, 1.165) is 23.4 Å². The fourth-order valence-electron chi connectivity index (χ4n) is 2.10. The molecule has 0 radical (unpaired) electrons. The Bertz CT molecular complexity index is 547. The number of hydrogen-bond acceptors (Lipinski definition) is 4. The van der Waals surface area contributed by atoms with Gasteiger partial charge in [-0.15, -0.1) is 0 Å². The summed E-state index contributed by atoms with van der Waals surface area (Å²) in [6.45, 7) is 2.08. The van der Waals surface area contributed by atoms with Crippen molar-refractivity contribution >= 4 is 0 Å². The first-order chi connectivity index (χ1) is 9.21. The molecule has 19 heavy (non-hydrogen) atoms. The minimum absolute atomic E-state index is 0.0601. The van der Waals surface area contributed by atoms with Crippen LogP contribution in [0.1, 0.15) is 18.2 Å². The highest BCUT2D eigenvalue weighted by Crippen LogP contribution is 2.27. The van der Waals surface area contributed by atoms with Gasteiger partial charge in [-0.05, 0) is 30.7 Å². The lowest BCUT2D eigenvalue weighted by Crippen LogP contribution is -2.01. The molecule has 0 amide bonds. The van der Waals surface area contributed by atoms with Crippen LogP contribution in [0.4, 0.5) is 0 Å². The van der Waals surface area contributed by atoms with E-state index >= 15 is 0 Å². The average molecular weight is 262 g/mol. The van der Waals surface area contributed by atoms with Crippen molar-refractivity contribution in [2.75, 3.05) is 13.7 Å². The molecule has 0 spiro atoms. The maximum Gasteiger partial charge on any atom is 0.220 e. The monoisotopic (exact) mass is 262 g/mol. The molecule has 1 aromatic heterocycles. The van der Waals surface area contributed by atoms with E-state index < -0.39 is 0 Å². The molecule has 0 saturated heterocycles. The van der Waals surface area contributed by atoms with Crippen molar-refractivity contribution in [2.24, 2.45) is 0 Å². The van der Waals surface area contributed by atoms with Crippen LogP contribution in [0.25, 0.3) is 5.69 Å². The number of aromatic hydroxyl groups is 1. The van der Waals surface area contributed by atoms with Crippen molar-refractivity contribution in [2.45, 2.75) is 19.8 Å². The minimum atomic E-state index is 0.0601.